The Bertz CT molecular complexity index is 575. The summed E-state index contributed by atoms with van der Waals surface area (Å²) in [6.45, 7) is 4.03. The first-order valence-electron chi connectivity index (χ1n) is 6.88. The van der Waals surface area contributed by atoms with Crippen LogP contribution in [-0.2, 0) is 0 Å². The Morgan fingerprint density at radius 3 is 2.40 bits per heavy atom. The molecule has 2 aromatic rings. The molecule has 1 aromatic heterocycles. The van der Waals surface area contributed by atoms with Crippen LogP contribution in [0, 0.1) is 5.82 Å². The SMILES string of the molecule is CN1CCN(c2ncccc2-c2ccc(F)cc2)CC1. The molecule has 1 saturated heterocycles. The Kier molecular flexibility index (Phi) is 3.65. The Morgan fingerprint density at radius 2 is 1.70 bits per heavy atom. The summed E-state index contributed by atoms with van der Waals surface area (Å²) in [5, 5.41) is 0. The van der Waals surface area contributed by atoms with Crippen molar-refractivity contribution in [1.82, 2.24) is 9.88 Å². The van der Waals surface area contributed by atoms with Gasteiger partial charge in [-0.25, -0.2) is 9.37 Å². The third kappa shape index (κ3) is 2.65. The molecule has 1 aliphatic rings. The van der Waals surface area contributed by atoms with Crippen LogP contribution in [0.3, 0.4) is 0 Å². The van der Waals surface area contributed by atoms with E-state index >= 15 is 0 Å². The van der Waals surface area contributed by atoms with E-state index in [1.165, 1.54) is 12.1 Å². The molecule has 0 saturated carbocycles. The molecule has 20 heavy (non-hydrogen) atoms. The summed E-state index contributed by atoms with van der Waals surface area (Å²) in [7, 11) is 2.14. The van der Waals surface area contributed by atoms with E-state index in [2.05, 4.69) is 21.8 Å². The second-order valence-electron chi connectivity index (χ2n) is 5.17. The molecule has 3 nitrogen and oxygen atoms in total. The zero-order valence-corrected chi connectivity index (χ0v) is 11.6. The maximum Gasteiger partial charge on any atom is 0.136 e. The Labute approximate surface area is 118 Å². The van der Waals surface area contributed by atoms with E-state index in [0.29, 0.717) is 0 Å². The monoisotopic (exact) mass is 271 g/mol. The van der Waals surface area contributed by atoms with E-state index in [1.54, 1.807) is 0 Å². The maximum atomic E-state index is 13.1. The number of nitrogens with zero attached hydrogens (tertiary/aromatic N) is 3. The van der Waals surface area contributed by atoms with E-state index in [9.17, 15) is 4.39 Å². The lowest BCUT2D eigenvalue weighted by molar-refractivity contribution is 0.312. The molecule has 104 valence electrons. The fourth-order valence-electron chi connectivity index (χ4n) is 2.52. The highest BCUT2D eigenvalue weighted by Crippen LogP contribution is 2.29. The van der Waals surface area contributed by atoms with Gasteiger partial charge in [-0.2, -0.15) is 0 Å². The van der Waals surface area contributed by atoms with Gasteiger partial charge in [0, 0.05) is 37.9 Å². The number of anilines is 1. The van der Waals surface area contributed by atoms with Crippen LogP contribution in [0.5, 0.6) is 0 Å². The average molecular weight is 271 g/mol. The minimum Gasteiger partial charge on any atom is -0.354 e. The summed E-state index contributed by atoms with van der Waals surface area (Å²) in [4.78, 5) is 9.16. The molecular formula is C16H18FN3. The zero-order valence-electron chi connectivity index (χ0n) is 11.6. The third-order valence-corrected chi connectivity index (χ3v) is 3.74. The van der Waals surface area contributed by atoms with Crippen molar-refractivity contribution < 1.29 is 4.39 Å². The minimum atomic E-state index is -0.209. The highest BCUT2D eigenvalue weighted by Gasteiger charge is 2.18. The van der Waals surface area contributed by atoms with Gasteiger partial charge in [-0.1, -0.05) is 12.1 Å². The number of rotatable bonds is 2. The topological polar surface area (TPSA) is 19.4 Å². The van der Waals surface area contributed by atoms with Gasteiger partial charge in [-0.15, -0.1) is 0 Å². The van der Waals surface area contributed by atoms with Crippen molar-refractivity contribution in [2.75, 3.05) is 38.1 Å². The number of pyridine rings is 1. The molecule has 0 amide bonds. The fraction of sp³-hybridized carbons (Fsp3) is 0.312. The molecule has 2 heterocycles. The second-order valence-corrected chi connectivity index (χ2v) is 5.17. The van der Waals surface area contributed by atoms with Crippen LogP contribution in [0.15, 0.2) is 42.6 Å². The van der Waals surface area contributed by atoms with Crippen molar-refractivity contribution in [3.05, 3.63) is 48.4 Å². The van der Waals surface area contributed by atoms with Crippen LogP contribution < -0.4 is 4.90 Å². The van der Waals surface area contributed by atoms with Gasteiger partial charge in [-0.05, 0) is 36.9 Å². The predicted octanol–water partition coefficient (Wildman–Crippen LogP) is 2.64. The van der Waals surface area contributed by atoms with Crippen LogP contribution in [0.1, 0.15) is 0 Å². The van der Waals surface area contributed by atoms with Gasteiger partial charge in [0.05, 0.1) is 0 Å². The Hall–Kier alpha value is -1.94. The molecule has 0 radical (unpaired) electrons. The van der Waals surface area contributed by atoms with Crippen molar-refractivity contribution in [3.63, 3.8) is 0 Å². The summed E-state index contributed by atoms with van der Waals surface area (Å²) < 4.78 is 13.1. The summed E-state index contributed by atoms with van der Waals surface area (Å²) in [6.07, 6.45) is 1.82. The largest absolute Gasteiger partial charge is 0.354 e. The van der Waals surface area contributed by atoms with E-state index < -0.39 is 0 Å². The first kappa shape index (κ1) is 13.1. The molecular weight excluding hydrogens is 253 g/mol. The number of hydrogen-bond acceptors (Lipinski definition) is 3. The maximum absolute atomic E-state index is 13.1. The molecule has 0 N–H and O–H groups in total. The lowest BCUT2D eigenvalue weighted by atomic mass is 10.1. The molecule has 1 aliphatic heterocycles. The molecule has 1 aromatic carbocycles. The van der Waals surface area contributed by atoms with Gasteiger partial charge in [0.25, 0.3) is 0 Å². The van der Waals surface area contributed by atoms with Gasteiger partial charge in [0.15, 0.2) is 0 Å². The molecule has 3 rings (SSSR count). The van der Waals surface area contributed by atoms with Crippen molar-refractivity contribution in [2.45, 2.75) is 0 Å². The normalized spacial score (nSPS) is 16.4. The summed E-state index contributed by atoms with van der Waals surface area (Å²) in [5.41, 5.74) is 2.07. The fourth-order valence-corrected chi connectivity index (χ4v) is 2.52. The standard InChI is InChI=1S/C16H18FN3/c1-19-9-11-20(12-10-19)16-15(3-2-8-18-16)13-4-6-14(17)7-5-13/h2-8H,9-12H2,1H3. The highest BCUT2D eigenvalue weighted by atomic mass is 19.1. The van der Waals surface area contributed by atoms with Crippen molar-refractivity contribution >= 4 is 5.82 Å². The van der Waals surface area contributed by atoms with Crippen LogP contribution in [0.4, 0.5) is 10.2 Å². The van der Waals surface area contributed by atoms with E-state index in [4.69, 9.17) is 0 Å². The van der Waals surface area contributed by atoms with Gasteiger partial charge >= 0.3 is 0 Å². The molecule has 0 aliphatic carbocycles. The van der Waals surface area contributed by atoms with Crippen molar-refractivity contribution in [2.24, 2.45) is 0 Å². The Balaban J connectivity index is 1.94. The number of benzene rings is 1. The molecule has 0 unspecified atom stereocenters. The number of piperazine rings is 1. The number of likely N-dealkylation sites (N-methyl/N-ethyl adjacent to an activating group) is 1. The van der Waals surface area contributed by atoms with Gasteiger partial charge in [0.1, 0.15) is 11.6 Å². The van der Waals surface area contributed by atoms with Crippen LogP contribution in [0.2, 0.25) is 0 Å². The summed E-state index contributed by atoms with van der Waals surface area (Å²) in [6, 6.07) is 10.6. The predicted molar refractivity (Wildman–Crippen MR) is 79.3 cm³/mol. The van der Waals surface area contributed by atoms with Crippen molar-refractivity contribution in [1.29, 1.82) is 0 Å². The van der Waals surface area contributed by atoms with Gasteiger partial charge in [-0.3, -0.25) is 0 Å². The first-order chi connectivity index (χ1) is 9.74. The second kappa shape index (κ2) is 5.59. The molecule has 0 spiro atoms. The van der Waals surface area contributed by atoms with E-state index in [-0.39, 0.29) is 5.82 Å². The number of aromatic nitrogens is 1. The lowest BCUT2D eigenvalue weighted by Crippen LogP contribution is -2.45. The zero-order chi connectivity index (χ0) is 13.9. The van der Waals surface area contributed by atoms with E-state index in [1.807, 2.05) is 30.5 Å². The number of hydrogen-bond donors (Lipinski definition) is 0. The highest BCUT2D eigenvalue weighted by molar-refractivity contribution is 5.75. The average Bonchev–Trinajstić information content (AvgIpc) is 2.49. The number of halogens is 1. The Morgan fingerprint density at radius 1 is 1.00 bits per heavy atom. The minimum absolute atomic E-state index is 0.209. The van der Waals surface area contributed by atoms with Crippen LogP contribution in [0.25, 0.3) is 11.1 Å². The molecule has 0 bridgehead atoms. The smallest absolute Gasteiger partial charge is 0.136 e. The summed E-state index contributed by atoms with van der Waals surface area (Å²) >= 11 is 0. The summed E-state index contributed by atoms with van der Waals surface area (Å²) in [5.74, 6) is 0.783. The van der Waals surface area contributed by atoms with Crippen molar-refractivity contribution in [3.8, 4) is 11.1 Å². The molecule has 4 heteroatoms. The molecule has 0 atom stereocenters. The first-order valence-corrected chi connectivity index (χ1v) is 6.88. The quantitative estimate of drug-likeness (QED) is 0.837. The molecule has 1 fully saturated rings. The van der Waals surface area contributed by atoms with Crippen LogP contribution in [-0.4, -0.2) is 43.1 Å². The third-order valence-electron chi connectivity index (χ3n) is 3.74. The lowest BCUT2D eigenvalue weighted by Gasteiger charge is -2.34. The van der Waals surface area contributed by atoms with E-state index in [0.717, 1.165) is 43.1 Å². The van der Waals surface area contributed by atoms with Crippen LogP contribution >= 0.6 is 0 Å². The van der Waals surface area contributed by atoms with Gasteiger partial charge < -0.3 is 9.80 Å². The van der Waals surface area contributed by atoms with Gasteiger partial charge in [0.2, 0.25) is 0 Å².